The standard InChI is InChI=1S/C12H27N.C8H19N/c1-6-8-10-13(11-9-7-2)12(3,4)5;1-3-5-7-9-8-6-4-2/h6-11H2,1-5H3;9H,3-8H2,1-2H3. The Morgan fingerprint density at radius 3 is 1.27 bits per heavy atom. The molecule has 0 aromatic heterocycles. The maximum Gasteiger partial charge on any atom is 0.0125 e. The van der Waals surface area contributed by atoms with Crippen LogP contribution in [0.5, 0.6) is 0 Å². The molecule has 0 atom stereocenters. The summed E-state index contributed by atoms with van der Waals surface area (Å²) in [6.07, 6.45) is 10.5. The van der Waals surface area contributed by atoms with Crippen molar-refractivity contribution in [2.75, 3.05) is 26.2 Å². The molecule has 0 unspecified atom stereocenters. The van der Waals surface area contributed by atoms with E-state index in [2.05, 4.69) is 58.7 Å². The topological polar surface area (TPSA) is 15.3 Å². The number of hydrogen-bond donors (Lipinski definition) is 1. The Bertz CT molecular complexity index is 182. The first kappa shape index (κ1) is 24.2. The highest BCUT2D eigenvalue weighted by atomic mass is 15.2. The Morgan fingerprint density at radius 1 is 0.636 bits per heavy atom. The molecule has 2 nitrogen and oxygen atoms in total. The average molecular weight is 315 g/mol. The van der Waals surface area contributed by atoms with E-state index in [4.69, 9.17) is 0 Å². The van der Waals surface area contributed by atoms with E-state index in [1.54, 1.807) is 0 Å². The van der Waals surface area contributed by atoms with Crippen LogP contribution in [-0.2, 0) is 0 Å². The van der Waals surface area contributed by atoms with Gasteiger partial charge in [0.25, 0.3) is 0 Å². The second-order valence-electron chi connectivity index (χ2n) is 7.32. The molecule has 0 saturated heterocycles. The van der Waals surface area contributed by atoms with Crippen molar-refractivity contribution in [3.05, 3.63) is 0 Å². The summed E-state index contributed by atoms with van der Waals surface area (Å²) in [5, 5.41) is 3.39. The van der Waals surface area contributed by atoms with E-state index < -0.39 is 0 Å². The van der Waals surface area contributed by atoms with Crippen molar-refractivity contribution in [2.24, 2.45) is 0 Å². The first-order chi connectivity index (χ1) is 10.4. The van der Waals surface area contributed by atoms with Gasteiger partial charge in [-0.15, -0.1) is 0 Å². The third-order valence-corrected chi connectivity index (χ3v) is 3.93. The molecule has 0 saturated carbocycles. The maximum absolute atomic E-state index is 3.39. The lowest BCUT2D eigenvalue weighted by Crippen LogP contribution is -2.42. The molecule has 0 aliphatic rings. The summed E-state index contributed by atoms with van der Waals surface area (Å²) < 4.78 is 0. The van der Waals surface area contributed by atoms with Crippen molar-refractivity contribution in [1.29, 1.82) is 0 Å². The molecule has 0 aromatic rings. The molecule has 0 fully saturated rings. The predicted molar refractivity (Wildman–Crippen MR) is 104 cm³/mol. The van der Waals surface area contributed by atoms with Crippen molar-refractivity contribution < 1.29 is 0 Å². The molecule has 0 heterocycles. The van der Waals surface area contributed by atoms with Gasteiger partial charge in [0, 0.05) is 5.54 Å². The molecular weight excluding hydrogens is 268 g/mol. The molecule has 1 N–H and O–H groups in total. The van der Waals surface area contributed by atoms with Gasteiger partial charge in [0.2, 0.25) is 0 Å². The van der Waals surface area contributed by atoms with Gasteiger partial charge in [0.1, 0.15) is 0 Å². The lowest BCUT2D eigenvalue weighted by Gasteiger charge is -2.35. The molecule has 22 heavy (non-hydrogen) atoms. The van der Waals surface area contributed by atoms with E-state index in [0.29, 0.717) is 5.54 Å². The van der Waals surface area contributed by atoms with Gasteiger partial charge in [-0.1, -0.05) is 53.4 Å². The summed E-state index contributed by atoms with van der Waals surface area (Å²) in [7, 11) is 0. The van der Waals surface area contributed by atoms with E-state index >= 15 is 0 Å². The van der Waals surface area contributed by atoms with Crippen LogP contribution >= 0.6 is 0 Å². The second-order valence-corrected chi connectivity index (χ2v) is 7.32. The fourth-order valence-corrected chi connectivity index (χ4v) is 2.21. The molecule has 0 aromatic carbocycles. The van der Waals surface area contributed by atoms with Gasteiger partial charge in [0.05, 0.1) is 0 Å². The summed E-state index contributed by atoms with van der Waals surface area (Å²) >= 11 is 0. The third-order valence-electron chi connectivity index (χ3n) is 3.93. The smallest absolute Gasteiger partial charge is 0.0125 e. The van der Waals surface area contributed by atoms with Gasteiger partial charge in [-0.05, 0) is 72.6 Å². The minimum absolute atomic E-state index is 0.352. The van der Waals surface area contributed by atoms with Crippen LogP contribution in [0, 0.1) is 0 Å². The molecule has 136 valence electrons. The zero-order valence-electron chi connectivity index (χ0n) is 16.9. The Balaban J connectivity index is 0. The largest absolute Gasteiger partial charge is 0.317 e. The fourth-order valence-electron chi connectivity index (χ4n) is 2.21. The van der Waals surface area contributed by atoms with Gasteiger partial charge < -0.3 is 5.32 Å². The van der Waals surface area contributed by atoms with Crippen LogP contribution in [-0.4, -0.2) is 36.6 Å². The summed E-state index contributed by atoms with van der Waals surface area (Å²) in [5.41, 5.74) is 0.352. The molecule has 0 spiro atoms. The van der Waals surface area contributed by atoms with Crippen molar-refractivity contribution in [2.45, 2.75) is 105 Å². The average Bonchev–Trinajstić information content (AvgIpc) is 2.47. The SMILES string of the molecule is CCCCN(CCCC)C(C)(C)C.CCCCNCCCC. The zero-order chi connectivity index (χ0) is 17.3. The molecule has 0 bridgehead atoms. The Hall–Kier alpha value is -0.0800. The lowest BCUT2D eigenvalue weighted by atomic mass is 10.0. The van der Waals surface area contributed by atoms with Crippen molar-refractivity contribution in [3.63, 3.8) is 0 Å². The Morgan fingerprint density at radius 2 is 1.00 bits per heavy atom. The first-order valence-electron chi connectivity index (χ1n) is 9.89. The maximum atomic E-state index is 3.39. The number of nitrogens with one attached hydrogen (secondary N) is 1. The van der Waals surface area contributed by atoms with Crippen LogP contribution in [0.15, 0.2) is 0 Å². The summed E-state index contributed by atoms with van der Waals surface area (Å²) in [5.74, 6) is 0. The molecular formula is C20H46N2. The van der Waals surface area contributed by atoms with Crippen LogP contribution < -0.4 is 5.32 Å². The molecule has 0 radical (unpaired) electrons. The van der Waals surface area contributed by atoms with Gasteiger partial charge in [0.15, 0.2) is 0 Å². The highest BCUT2D eigenvalue weighted by molar-refractivity contribution is 4.75. The Kier molecular flexibility index (Phi) is 19.0. The molecule has 0 rings (SSSR count). The summed E-state index contributed by atoms with van der Waals surface area (Å²) in [4.78, 5) is 2.61. The van der Waals surface area contributed by atoms with Crippen LogP contribution in [0.25, 0.3) is 0 Å². The number of hydrogen-bond acceptors (Lipinski definition) is 2. The van der Waals surface area contributed by atoms with E-state index in [-0.39, 0.29) is 0 Å². The highest BCUT2D eigenvalue weighted by Crippen LogP contribution is 2.14. The van der Waals surface area contributed by atoms with Gasteiger partial charge in [-0.25, -0.2) is 0 Å². The van der Waals surface area contributed by atoms with Gasteiger partial charge >= 0.3 is 0 Å². The van der Waals surface area contributed by atoms with E-state index in [0.717, 1.165) is 0 Å². The van der Waals surface area contributed by atoms with Crippen molar-refractivity contribution in [1.82, 2.24) is 10.2 Å². The normalized spacial score (nSPS) is 11.5. The van der Waals surface area contributed by atoms with Crippen LogP contribution in [0.4, 0.5) is 0 Å². The summed E-state index contributed by atoms with van der Waals surface area (Å²) in [6, 6.07) is 0. The number of rotatable bonds is 12. The second kappa shape index (κ2) is 17.3. The fraction of sp³-hybridized carbons (Fsp3) is 1.00. The number of unbranched alkanes of at least 4 members (excludes halogenated alkanes) is 4. The monoisotopic (exact) mass is 314 g/mol. The molecule has 2 heteroatoms. The van der Waals surface area contributed by atoms with Crippen LogP contribution in [0.2, 0.25) is 0 Å². The zero-order valence-corrected chi connectivity index (χ0v) is 16.9. The third kappa shape index (κ3) is 18.0. The first-order valence-corrected chi connectivity index (χ1v) is 9.89. The molecule has 0 amide bonds. The van der Waals surface area contributed by atoms with Crippen molar-refractivity contribution >= 4 is 0 Å². The lowest BCUT2D eigenvalue weighted by molar-refractivity contribution is 0.132. The highest BCUT2D eigenvalue weighted by Gasteiger charge is 2.19. The van der Waals surface area contributed by atoms with Crippen LogP contribution in [0.1, 0.15) is 99.8 Å². The van der Waals surface area contributed by atoms with Gasteiger partial charge in [-0.2, -0.15) is 0 Å². The van der Waals surface area contributed by atoms with Crippen molar-refractivity contribution in [3.8, 4) is 0 Å². The van der Waals surface area contributed by atoms with Crippen LogP contribution in [0.3, 0.4) is 0 Å². The van der Waals surface area contributed by atoms with E-state index in [1.165, 1.54) is 77.5 Å². The summed E-state index contributed by atoms with van der Waals surface area (Å²) in [6.45, 7) is 20.9. The van der Waals surface area contributed by atoms with E-state index in [1.807, 2.05) is 0 Å². The predicted octanol–water partition coefficient (Wildman–Crippen LogP) is 5.86. The molecule has 0 aliphatic carbocycles. The van der Waals surface area contributed by atoms with E-state index in [9.17, 15) is 0 Å². The number of nitrogens with zero attached hydrogens (tertiary/aromatic N) is 1. The van der Waals surface area contributed by atoms with Gasteiger partial charge in [-0.3, -0.25) is 4.90 Å². The molecule has 0 aliphatic heterocycles. The minimum Gasteiger partial charge on any atom is -0.317 e. The quantitative estimate of drug-likeness (QED) is 0.454. The Labute approximate surface area is 142 Å². The minimum atomic E-state index is 0.352.